The van der Waals surface area contributed by atoms with Gasteiger partial charge in [-0.1, -0.05) is 76.1 Å². The van der Waals surface area contributed by atoms with E-state index in [-0.39, 0.29) is 17.3 Å². The molecule has 0 atom stereocenters. The fraction of sp³-hybridized carbons (Fsp3) is 0.0714. The smallest absolute Gasteiger partial charge is 0.267 e. The van der Waals surface area contributed by atoms with Gasteiger partial charge in [0.25, 0.3) is 15.9 Å². The van der Waals surface area contributed by atoms with Crippen molar-refractivity contribution in [2.45, 2.75) is 18.4 Å². The van der Waals surface area contributed by atoms with E-state index in [4.69, 9.17) is 11.6 Å². The third-order valence-electron chi connectivity index (χ3n) is 5.63. The van der Waals surface area contributed by atoms with E-state index in [2.05, 4.69) is 26.5 Å². The number of carbonyl (C=O) groups is 1. The number of hydrogen-bond donors (Lipinski definition) is 1. The normalized spacial score (nSPS) is 11.4. The van der Waals surface area contributed by atoms with E-state index in [0.717, 1.165) is 10.0 Å². The summed E-state index contributed by atoms with van der Waals surface area (Å²) in [4.78, 5) is 12.7. The summed E-state index contributed by atoms with van der Waals surface area (Å²) in [5, 5.41) is 4.48. The van der Waals surface area contributed by atoms with Gasteiger partial charge >= 0.3 is 0 Å². The summed E-state index contributed by atoms with van der Waals surface area (Å²) in [5.74, 6) is -0.376. The van der Waals surface area contributed by atoms with E-state index in [1.54, 1.807) is 85.9 Å². The molecule has 0 saturated carbocycles. The van der Waals surface area contributed by atoms with Gasteiger partial charge in [0.1, 0.15) is 0 Å². The number of hydrogen-bond acceptors (Lipinski definition) is 4. The number of carbonyl (C=O) groups excluding carboxylic acids is 1. The first-order valence-corrected chi connectivity index (χ1v) is 13.9. The number of benzene rings is 4. The van der Waals surface area contributed by atoms with Gasteiger partial charge in [0.2, 0.25) is 0 Å². The van der Waals surface area contributed by atoms with Gasteiger partial charge in [-0.15, -0.1) is 0 Å². The van der Waals surface area contributed by atoms with Gasteiger partial charge in [-0.05, 0) is 72.1 Å². The average Bonchev–Trinajstić information content (AvgIpc) is 2.91. The van der Waals surface area contributed by atoms with Crippen molar-refractivity contribution in [1.29, 1.82) is 0 Å². The molecular weight excluding hydrogens is 574 g/mol. The van der Waals surface area contributed by atoms with Crippen molar-refractivity contribution in [1.82, 2.24) is 5.43 Å². The Morgan fingerprint density at radius 3 is 2.30 bits per heavy atom. The Morgan fingerprint density at radius 1 is 0.946 bits per heavy atom. The monoisotopic (exact) mass is 595 g/mol. The molecule has 6 nitrogen and oxygen atoms in total. The van der Waals surface area contributed by atoms with E-state index < -0.39 is 10.0 Å². The number of anilines is 1. The van der Waals surface area contributed by atoms with Crippen molar-refractivity contribution in [2.75, 3.05) is 4.31 Å². The minimum absolute atomic E-state index is 0.0576. The second kappa shape index (κ2) is 11.7. The maximum absolute atomic E-state index is 13.6. The number of nitrogens with zero attached hydrogens (tertiary/aromatic N) is 2. The predicted octanol–water partition coefficient (Wildman–Crippen LogP) is 6.57. The summed E-state index contributed by atoms with van der Waals surface area (Å²) in [7, 11) is -3.89. The standard InChI is InChI=1S/C28H23BrClN3O3S/c1-20-26(30)8-5-9-27(20)33(37(35,36)25-6-3-2-4-7-25)19-22-10-14-23(15-11-22)28(34)32-31-18-21-12-16-24(29)17-13-21/h2-18H,19H2,1H3,(H,32,34)/b31-18-. The summed E-state index contributed by atoms with van der Waals surface area (Å²) < 4.78 is 29.5. The van der Waals surface area contributed by atoms with Gasteiger partial charge in [0, 0.05) is 15.1 Å². The fourth-order valence-electron chi connectivity index (χ4n) is 3.59. The van der Waals surface area contributed by atoms with Crippen LogP contribution >= 0.6 is 27.5 Å². The van der Waals surface area contributed by atoms with Crippen LogP contribution in [-0.2, 0) is 16.6 Å². The van der Waals surface area contributed by atoms with Crippen molar-refractivity contribution in [2.24, 2.45) is 5.10 Å². The van der Waals surface area contributed by atoms with Crippen LogP contribution < -0.4 is 9.73 Å². The molecule has 188 valence electrons. The van der Waals surface area contributed by atoms with Gasteiger partial charge in [0.15, 0.2) is 0 Å². The first-order valence-electron chi connectivity index (χ1n) is 11.3. The number of amides is 1. The SMILES string of the molecule is Cc1c(Cl)cccc1N(Cc1ccc(C(=O)N/N=C\c2ccc(Br)cc2)cc1)S(=O)(=O)c1ccccc1. The lowest BCUT2D eigenvalue weighted by molar-refractivity contribution is 0.0955. The van der Waals surface area contributed by atoms with Gasteiger partial charge < -0.3 is 0 Å². The third-order valence-corrected chi connectivity index (χ3v) is 8.34. The van der Waals surface area contributed by atoms with E-state index in [1.165, 1.54) is 4.31 Å². The largest absolute Gasteiger partial charge is 0.271 e. The molecule has 4 aromatic rings. The molecule has 0 saturated heterocycles. The third kappa shape index (κ3) is 6.46. The minimum Gasteiger partial charge on any atom is -0.267 e. The molecule has 0 unspecified atom stereocenters. The van der Waals surface area contributed by atoms with Crippen LogP contribution in [0.1, 0.15) is 27.0 Å². The topological polar surface area (TPSA) is 78.8 Å². The molecule has 1 N–H and O–H groups in total. The van der Waals surface area contributed by atoms with Gasteiger partial charge in [-0.25, -0.2) is 13.8 Å². The van der Waals surface area contributed by atoms with E-state index >= 15 is 0 Å². The highest BCUT2D eigenvalue weighted by atomic mass is 79.9. The zero-order valence-corrected chi connectivity index (χ0v) is 23.0. The molecule has 0 aliphatic heterocycles. The zero-order chi connectivity index (χ0) is 26.4. The van der Waals surface area contributed by atoms with Crippen molar-refractivity contribution >= 4 is 55.4 Å². The molecule has 4 rings (SSSR count). The molecule has 4 aromatic carbocycles. The maximum atomic E-state index is 13.6. The molecule has 0 heterocycles. The van der Waals surface area contributed by atoms with Crippen molar-refractivity contribution < 1.29 is 13.2 Å². The number of sulfonamides is 1. The van der Waals surface area contributed by atoms with E-state index in [1.807, 2.05) is 24.3 Å². The zero-order valence-electron chi connectivity index (χ0n) is 19.8. The molecule has 0 aromatic heterocycles. The van der Waals surface area contributed by atoms with Crippen LogP contribution in [0.4, 0.5) is 5.69 Å². The van der Waals surface area contributed by atoms with Gasteiger partial charge in [-0.3, -0.25) is 9.10 Å². The number of nitrogens with one attached hydrogen (secondary N) is 1. The van der Waals surface area contributed by atoms with Gasteiger partial charge in [-0.2, -0.15) is 5.10 Å². The van der Waals surface area contributed by atoms with Gasteiger partial charge in [0.05, 0.1) is 23.3 Å². The number of hydrazone groups is 1. The Labute approximate surface area is 229 Å². The minimum atomic E-state index is -3.89. The van der Waals surface area contributed by atoms with Crippen LogP contribution in [0.15, 0.2) is 112 Å². The molecule has 37 heavy (non-hydrogen) atoms. The lowest BCUT2D eigenvalue weighted by Gasteiger charge is -2.26. The average molecular weight is 597 g/mol. The Kier molecular flexibility index (Phi) is 8.43. The highest BCUT2D eigenvalue weighted by Gasteiger charge is 2.27. The number of rotatable bonds is 8. The molecule has 0 aliphatic carbocycles. The van der Waals surface area contributed by atoms with Crippen molar-refractivity contribution in [3.05, 3.63) is 129 Å². The summed E-state index contributed by atoms with van der Waals surface area (Å²) in [6.07, 6.45) is 1.55. The molecule has 1 amide bonds. The van der Waals surface area contributed by atoms with E-state index in [0.29, 0.717) is 27.4 Å². The molecule has 9 heteroatoms. The molecule has 0 aliphatic rings. The molecule has 0 fully saturated rings. The quantitative estimate of drug-likeness (QED) is 0.185. The lowest BCUT2D eigenvalue weighted by Crippen LogP contribution is -2.31. The highest BCUT2D eigenvalue weighted by Crippen LogP contribution is 2.32. The maximum Gasteiger partial charge on any atom is 0.271 e. The Balaban J connectivity index is 1.55. The van der Waals surface area contributed by atoms with Crippen LogP contribution in [-0.4, -0.2) is 20.5 Å². The summed E-state index contributed by atoms with van der Waals surface area (Å²) >= 11 is 9.69. The fourth-order valence-corrected chi connectivity index (χ4v) is 5.56. The number of halogens is 2. The van der Waals surface area contributed by atoms with Crippen molar-refractivity contribution in [3.63, 3.8) is 0 Å². The Bertz CT molecular complexity index is 1530. The highest BCUT2D eigenvalue weighted by molar-refractivity contribution is 9.10. The Hall–Kier alpha value is -3.46. The van der Waals surface area contributed by atoms with Crippen LogP contribution in [0, 0.1) is 6.92 Å². The molecule has 0 radical (unpaired) electrons. The summed E-state index contributed by atoms with van der Waals surface area (Å²) in [6.45, 7) is 1.84. The van der Waals surface area contributed by atoms with Crippen LogP contribution in [0.3, 0.4) is 0 Å². The first-order chi connectivity index (χ1) is 17.8. The molecule has 0 spiro atoms. The predicted molar refractivity (Wildman–Crippen MR) is 152 cm³/mol. The Morgan fingerprint density at radius 2 is 1.62 bits per heavy atom. The molecular formula is C28H23BrClN3O3S. The second-order valence-corrected chi connectivity index (χ2v) is 11.3. The summed E-state index contributed by atoms with van der Waals surface area (Å²) in [5.41, 5.74) is 5.59. The lowest BCUT2D eigenvalue weighted by atomic mass is 10.1. The van der Waals surface area contributed by atoms with Crippen LogP contribution in [0.25, 0.3) is 0 Å². The van der Waals surface area contributed by atoms with Crippen LogP contribution in [0.2, 0.25) is 5.02 Å². The molecule has 0 bridgehead atoms. The van der Waals surface area contributed by atoms with Crippen molar-refractivity contribution in [3.8, 4) is 0 Å². The second-order valence-electron chi connectivity index (χ2n) is 8.16. The summed E-state index contributed by atoms with van der Waals surface area (Å²) in [6, 6.07) is 27.6. The van der Waals surface area contributed by atoms with Crippen LogP contribution in [0.5, 0.6) is 0 Å². The van der Waals surface area contributed by atoms with E-state index in [9.17, 15) is 13.2 Å². The first kappa shape index (κ1) is 26.6.